The van der Waals surface area contributed by atoms with Gasteiger partial charge < -0.3 is 15.8 Å². The second-order valence-corrected chi connectivity index (χ2v) is 7.77. The van der Waals surface area contributed by atoms with Gasteiger partial charge in [0.2, 0.25) is 10.0 Å². The van der Waals surface area contributed by atoms with Gasteiger partial charge in [-0.2, -0.15) is 0 Å². The summed E-state index contributed by atoms with van der Waals surface area (Å²) in [5.41, 5.74) is 8.08. The maximum atomic E-state index is 11.2. The molecule has 0 heterocycles. The number of nitrogens with two attached hydrogens (primary N) is 1. The summed E-state index contributed by atoms with van der Waals surface area (Å²) in [5.74, 6) is 0.803. The molecule has 0 fully saturated rings. The predicted octanol–water partition coefficient (Wildman–Crippen LogP) is 2.24. The molecule has 0 radical (unpaired) electrons. The van der Waals surface area contributed by atoms with E-state index < -0.39 is 10.0 Å². The van der Waals surface area contributed by atoms with Crippen molar-refractivity contribution in [1.29, 1.82) is 0 Å². The number of anilines is 2. The molecular weight excluding hydrogens is 338 g/mol. The molecule has 4 N–H and O–H groups in total. The second-order valence-electron chi connectivity index (χ2n) is 6.02. The van der Waals surface area contributed by atoms with Gasteiger partial charge in [0.05, 0.1) is 6.26 Å². The van der Waals surface area contributed by atoms with Crippen LogP contribution in [0.15, 0.2) is 48.5 Å². The van der Waals surface area contributed by atoms with E-state index in [1.54, 1.807) is 12.1 Å². The minimum absolute atomic E-state index is 0.0463. The highest BCUT2D eigenvalue weighted by Gasteiger charge is 2.04. The summed E-state index contributed by atoms with van der Waals surface area (Å²) < 4.78 is 30.6. The van der Waals surface area contributed by atoms with Crippen LogP contribution in [0.1, 0.15) is 12.5 Å². The minimum atomic E-state index is -3.23. The van der Waals surface area contributed by atoms with Crippen LogP contribution in [0.2, 0.25) is 0 Å². The van der Waals surface area contributed by atoms with E-state index in [1.807, 2.05) is 43.3 Å². The van der Waals surface area contributed by atoms with Gasteiger partial charge in [0.25, 0.3) is 0 Å². The SMILES string of the molecule is CC(CNCCc1ccc(NS(C)(=O)=O)cc1)Oc1ccc(N)cc1. The summed E-state index contributed by atoms with van der Waals surface area (Å²) in [4.78, 5) is 0. The van der Waals surface area contributed by atoms with Crippen LogP contribution in [0, 0.1) is 0 Å². The fraction of sp³-hybridized carbons (Fsp3) is 0.333. The third kappa shape index (κ3) is 7.45. The highest BCUT2D eigenvalue weighted by atomic mass is 32.2. The largest absolute Gasteiger partial charge is 0.489 e. The zero-order chi connectivity index (χ0) is 18.3. The fourth-order valence-electron chi connectivity index (χ4n) is 2.31. The van der Waals surface area contributed by atoms with Crippen LogP contribution in [-0.4, -0.2) is 33.9 Å². The average molecular weight is 363 g/mol. The molecular formula is C18H25N3O3S. The van der Waals surface area contributed by atoms with E-state index in [4.69, 9.17) is 10.5 Å². The number of nitrogen functional groups attached to an aromatic ring is 1. The predicted molar refractivity (Wildman–Crippen MR) is 102 cm³/mol. The molecule has 0 bridgehead atoms. The first kappa shape index (κ1) is 19.1. The number of ether oxygens (including phenoxy) is 1. The van der Waals surface area contributed by atoms with Gasteiger partial charge in [-0.05, 0) is 61.9 Å². The molecule has 2 aromatic carbocycles. The lowest BCUT2D eigenvalue weighted by molar-refractivity contribution is 0.217. The van der Waals surface area contributed by atoms with Gasteiger partial charge in [0.1, 0.15) is 11.9 Å². The lowest BCUT2D eigenvalue weighted by Crippen LogP contribution is -2.30. The number of hydrogen-bond donors (Lipinski definition) is 3. The van der Waals surface area contributed by atoms with E-state index in [0.29, 0.717) is 5.69 Å². The van der Waals surface area contributed by atoms with E-state index >= 15 is 0 Å². The number of rotatable bonds is 9. The number of hydrogen-bond acceptors (Lipinski definition) is 5. The van der Waals surface area contributed by atoms with Gasteiger partial charge in [-0.1, -0.05) is 12.1 Å². The van der Waals surface area contributed by atoms with Crippen LogP contribution in [-0.2, 0) is 16.4 Å². The normalized spacial score (nSPS) is 12.6. The van der Waals surface area contributed by atoms with E-state index in [1.165, 1.54) is 0 Å². The van der Waals surface area contributed by atoms with Gasteiger partial charge >= 0.3 is 0 Å². The number of benzene rings is 2. The average Bonchev–Trinajstić information content (AvgIpc) is 2.54. The molecule has 2 rings (SSSR count). The molecule has 0 aromatic heterocycles. The Morgan fingerprint density at radius 1 is 1.08 bits per heavy atom. The van der Waals surface area contributed by atoms with Crippen molar-refractivity contribution in [3.8, 4) is 5.75 Å². The summed E-state index contributed by atoms with van der Waals surface area (Å²) in [5, 5.41) is 3.36. The molecule has 0 aliphatic rings. The molecule has 0 spiro atoms. The van der Waals surface area contributed by atoms with E-state index in [2.05, 4.69) is 10.0 Å². The maximum Gasteiger partial charge on any atom is 0.229 e. The van der Waals surface area contributed by atoms with Crippen molar-refractivity contribution in [2.24, 2.45) is 0 Å². The summed E-state index contributed by atoms with van der Waals surface area (Å²) >= 11 is 0. The standard InChI is InChI=1S/C18H25N3O3S/c1-14(24-18-9-5-16(19)6-10-18)13-20-12-11-15-3-7-17(8-4-15)21-25(2,22)23/h3-10,14,20-21H,11-13,19H2,1-2H3. The van der Waals surface area contributed by atoms with Crippen molar-refractivity contribution >= 4 is 21.4 Å². The molecule has 0 saturated carbocycles. The topological polar surface area (TPSA) is 93.4 Å². The quantitative estimate of drug-likeness (QED) is 0.469. The second kappa shape index (κ2) is 8.73. The van der Waals surface area contributed by atoms with Crippen molar-refractivity contribution in [3.05, 3.63) is 54.1 Å². The van der Waals surface area contributed by atoms with Gasteiger partial charge in [0.15, 0.2) is 0 Å². The molecule has 25 heavy (non-hydrogen) atoms. The minimum Gasteiger partial charge on any atom is -0.489 e. The monoisotopic (exact) mass is 363 g/mol. The van der Waals surface area contributed by atoms with Crippen LogP contribution in [0.5, 0.6) is 5.75 Å². The van der Waals surface area contributed by atoms with Crippen molar-refractivity contribution in [3.63, 3.8) is 0 Å². The van der Waals surface area contributed by atoms with Crippen LogP contribution in [0.25, 0.3) is 0 Å². The Labute approximate surface area is 149 Å². The van der Waals surface area contributed by atoms with Crippen molar-refractivity contribution in [2.75, 3.05) is 29.8 Å². The molecule has 0 aliphatic carbocycles. The van der Waals surface area contributed by atoms with Crippen LogP contribution in [0.4, 0.5) is 11.4 Å². The van der Waals surface area contributed by atoms with Crippen molar-refractivity contribution in [1.82, 2.24) is 5.32 Å². The summed E-state index contributed by atoms with van der Waals surface area (Å²) in [6.07, 6.45) is 2.04. The van der Waals surface area contributed by atoms with Crippen molar-refractivity contribution < 1.29 is 13.2 Å². The Kier molecular flexibility index (Phi) is 6.66. The highest BCUT2D eigenvalue weighted by molar-refractivity contribution is 7.92. The third-order valence-electron chi connectivity index (χ3n) is 3.50. The molecule has 2 aromatic rings. The van der Waals surface area contributed by atoms with Gasteiger partial charge in [-0.15, -0.1) is 0 Å². The zero-order valence-corrected chi connectivity index (χ0v) is 15.3. The molecule has 136 valence electrons. The van der Waals surface area contributed by atoms with E-state index in [-0.39, 0.29) is 6.10 Å². The first-order chi connectivity index (χ1) is 11.8. The summed E-state index contributed by atoms with van der Waals surface area (Å²) in [6.45, 7) is 3.56. The Balaban J connectivity index is 1.69. The first-order valence-corrected chi connectivity index (χ1v) is 10.0. The Morgan fingerprint density at radius 2 is 1.72 bits per heavy atom. The Bertz CT molecular complexity index is 759. The maximum absolute atomic E-state index is 11.2. The lowest BCUT2D eigenvalue weighted by atomic mass is 10.1. The van der Waals surface area contributed by atoms with Gasteiger partial charge in [0, 0.05) is 17.9 Å². The molecule has 1 unspecified atom stereocenters. The molecule has 0 aliphatic heterocycles. The first-order valence-electron chi connectivity index (χ1n) is 8.11. The molecule has 1 atom stereocenters. The van der Waals surface area contributed by atoms with Crippen LogP contribution >= 0.6 is 0 Å². The van der Waals surface area contributed by atoms with E-state index in [0.717, 1.165) is 42.8 Å². The Morgan fingerprint density at radius 3 is 2.32 bits per heavy atom. The van der Waals surface area contributed by atoms with E-state index in [9.17, 15) is 8.42 Å². The van der Waals surface area contributed by atoms with Crippen molar-refractivity contribution in [2.45, 2.75) is 19.4 Å². The fourth-order valence-corrected chi connectivity index (χ4v) is 2.88. The van der Waals surface area contributed by atoms with Gasteiger partial charge in [-0.25, -0.2) is 8.42 Å². The zero-order valence-electron chi connectivity index (χ0n) is 14.5. The number of sulfonamides is 1. The summed E-state index contributed by atoms with van der Waals surface area (Å²) in [7, 11) is -3.23. The molecule has 6 nitrogen and oxygen atoms in total. The molecule has 0 saturated heterocycles. The van der Waals surface area contributed by atoms with Crippen LogP contribution in [0.3, 0.4) is 0 Å². The highest BCUT2D eigenvalue weighted by Crippen LogP contribution is 2.14. The Hall–Kier alpha value is -2.25. The summed E-state index contributed by atoms with van der Waals surface area (Å²) in [6, 6.07) is 14.7. The number of nitrogens with one attached hydrogen (secondary N) is 2. The molecule has 0 amide bonds. The smallest absolute Gasteiger partial charge is 0.229 e. The lowest BCUT2D eigenvalue weighted by Gasteiger charge is -2.15. The molecule has 7 heteroatoms. The van der Waals surface area contributed by atoms with Crippen LogP contribution < -0.4 is 20.5 Å². The van der Waals surface area contributed by atoms with Gasteiger partial charge in [-0.3, -0.25) is 4.72 Å². The third-order valence-corrected chi connectivity index (χ3v) is 4.10.